The summed E-state index contributed by atoms with van der Waals surface area (Å²) in [6.07, 6.45) is 6.26. The van der Waals surface area contributed by atoms with Gasteiger partial charge < -0.3 is 14.9 Å². The highest BCUT2D eigenvalue weighted by molar-refractivity contribution is 5.83. The molecule has 6 nitrogen and oxygen atoms in total. The van der Waals surface area contributed by atoms with Crippen LogP contribution in [0.5, 0.6) is 0 Å². The summed E-state index contributed by atoms with van der Waals surface area (Å²) in [5.41, 5.74) is 1.00. The molecular formula is C23H29N3O3. The molecule has 0 aliphatic heterocycles. The first kappa shape index (κ1) is 18.8. The van der Waals surface area contributed by atoms with Crippen LogP contribution >= 0.6 is 0 Å². The van der Waals surface area contributed by atoms with Gasteiger partial charge in [-0.15, -0.1) is 0 Å². The Kier molecular flexibility index (Phi) is 4.14. The van der Waals surface area contributed by atoms with Crippen molar-refractivity contribution in [1.29, 1.82) is 0 Å². The van der Waals surface area contributed by atoms with Crippen LogP contribution in [0.1, 0.15) is 63.3 Å². The van der Waals surface area contributed by atoms with Gasteiger partial charge in [-0.2, -0.15) is 4.98 Å². The highest BCUT2D eigenvalue weighted by Gasteiger charge is 2.64. The molecular weight excluding hydrogens is 366 g/mol. The molecule has 4 aliphatic rings. The molecule has 6 rings (SSSR count). The molecule has 1 aromatic heterocycles. The summed E-state index contributed by atoms with van der Waals surface area (Å²) in [7, 11) is 0. The van der Waals surface area contributed by atoms with Crippen molar-refractivity contribution in [3.63, 3.8) is 0 Å². The van der Waals surface area contributed by atoms with Crippen LogP contribution in [0.2, 0.25) is 0 Å². The molecule has 4 unspecified atom stereocenters. The average Bonchev–Trinajstić information content (AvgIpc) is 3.13. The lowest BCUT2D eigenvalue weighted by molar-refractivity contribution is -0.204. The number of aromatic nitrogens is 2. The summed E-state index contributed by atoms with van der Waals surface area (Å²) in [4.78, 5) is 17.8. The van der Waals surface area contributed by atoms with Gasteiger partial charge in [0.2, 0.25) is 17.6 Å². The standard InChI is InChI=1S/C23H29N3O3/c1-3-21-8-16-9-22(12-21,14-23(28,10-16)13-21)20(27)24-11-18-25-19(26-29-18)17-7-5-4-6-15(17)2/h4-7,16,28H,3,8-14H2,1-2H3,(H,24,27). The van der Waals surface area contributed by atoms with Gasteiger partial charge in [0.15, 0.2) is 0 Å². The monoisotopic (exact) mass is 395 g/mol. The molecule has 4 aliphatic carbocycles. The molecule has 4 atom stereocenters. The number of hydrogen-bond acceptors (Lipinski definition) is 5. The van der Waals surface area contributed by atoms with Crippen LogP contribution in [-0.4, -0.2) is 26.8 Å². The average molecular weight is 396 g/mol. The third-order valence-corrected chi connectivity index (χ3v) is 7.64. The van der Waals surface area contributed by atoms with E-state index < -0.39 is 11.0 Å². The minimum absolute atomic E-state index is 0.0356. The topological polar surface area (TPSA) is 88.2 Å². The normalized spacial score (nSPS) is 35.1. The summed E-state index contributed by atoms with van der Waals surface area (Å²) < 4.78 is 5.38. The van der Waals surface area contributed by atoms with Crippen LogP contribution in [0.4, 0.5) is 0 Å². The Labute approximate surface area is 171 Å². The lowest BCUT2D eigenvalue weighted by Gasteiger charge is -2.64. The second-order valence-electron chi connectivity index (χ2n) is 9.88. The van der Waals surface area contributed by atoms with E-state index in [1.807, 2.05) is 31.2 Å². The highest BCUT2D eigenvalue weighted by Crippen LogP contribution is 2.67. The van der Waals surface area contributed by atoms with E-state index in [1.54, 1.807) is 0 Å². The SMILES string of the molecule is CCC12CC3CC(O)(C1)CC(C(=O)NCc1nc(-c4ccccc4C)no1)(C3)C2. The van der Waals surface area contributed by atoms with Crippen molar-refractivity contribution in [1.82, 2.24) is 15.5 Å². The molecule has 29 heavy (non-hydrogen) atoms. The number of benzene rings is 1. The third kappa shape index (κ3) is 3.08. The van der Waals surface area contributed by atoms with Crippen LogP contribution in [0, 0.1) is 23.7 Å². The summed E-state index contributed by atoms with van der Waals surface area (Å²) in [6.45, 7) is 4.43. The molecule has 4 bridgehead atoms. The van der Waals surface area contributed by atoms with E-state index in [9.17, 15) is 9.90 Å². The number of aryl methyl sites for hydroxylation is 1. The van der Waals surface area contributed by atoms with Gasteiger partial charge in [-0.1, -0.05) is 42.8 Å². The van der Waals surface area contributed by atoms with Gasteiger partial charge in [0.25, 0.3) is 0 Å². The van der Waals surface area contributed by atoms with Gasteiger partial charge >= 0.3 is 0 Å². The molecule has 1 aromatic carbocycles. The van der Waals surface area contributed by atoms with Crippen molar-refractivity contribution in [3.05, 3.63) is 35.7 Å². The van der Waals surface area contributed by atoms with Crippen LogP contribution in [0.3, 0.4) is 0 Å². The Morgan fingerprint density at radius 1 is 1.24 bits per heavy atom. The number of carbonyl (C=O) groups is 1. The summed E-state index contributed by atoms with van der Waals surface area (Å²) in [5, 5.41) is 18.3. The van der Waals surface area contributed by atoms with Crippen molar-refractivity contribution in [3.8, 4) is 11.4 Å². The predicted molar refractivity (Wildman–Crippen MR) is 108 cm³/mol. The molecule has 154 valence electrons. The zero-order valence-electron chi connectivity index (χ0n) is 17.2. The third-order valence-electron chi connectivity index (χ3n) is 7.64. The van der Waals surface area contributed by atoms with E-state index in [2.05, 4.69) is 22.4 Å². The molecule has 2 N–H and O–H groups in total. The summed E-state index contributed by atoms with van der Waals surface area (Å²) >= 11 is 0. The van der Waals surface area contributed by atoms with E-state index in [-0.39, 0.29) is 17.9 Å². The van der Waals surface area contributed by atoms with E-state index in [4.69, 9.17) is 4.52 Å². The second-order valence-corrected chi connectivity index (χ2v) is 9.88. The minimum Gasteiger partial charge on any atom is -0.390 e. The van der Waals surface area contributed by atoms with Crippen LogP contribution in [-0.2, 0) is 11.3 Å². The molecule has 1 heterocycles. The second kappa shape index (κ2) is 6.39. The Morgan fingerprint density at radius 3 is 2.83 bits per heavy atom. The molecule has 0 spiro atoms. The molecule has 4 saturated carbocycles. The van der Waals surface area contributed by atoms with Gasteiger partial charge in [0, 0.05) is 5.56 Å². The van der Waals surface area contributed by atoms with Gasteiger partial charge in [-0.05, 0) is 62.3 Å². The number of nitrogens with zero attached hydrogens (tertiary/aromatic N) is 2. The van der Waals surface area contributed by atoms with Gasteiger partial charge in [0.05, 0.1) is 17.6 Å². The smallest absolute Gasteiger partial charge is 0.246 e. The number of nitrogens with one attached hydrogen (secondary N) is 1. The van der Waals surface area contributed by atoms with E-state index in [1.165, 1.54) is 0 Å². The van der Waals surface area contributed by atoms with Crippen molar-refractivity contribution in [2.45, 2.75) is 70.9 Å². The Bertz CT molecular complexity index is 956. The Balaban J connectivity index is 1.31. The van der Waals surface area contributed by atoms with Crippen molar-refractivity contribution in [2.75, 3.05) is 0 Å². The number of carbonyl (C=O) groups excluding carboxylic acids is 1. The minimum atomic E-state index is -0.671. The summed E-state index contributed by atoms with van der Waals surface area (Å²) in [5.74, 6) is 1.44. The van der Waals surface area contributed by atoms with E-state index in [0.29, 0.717) is 24.1 Å². The molecule has 6 heteroatoms. The fourth-order valence-electron chi connectivity index (χ4n) is 6.84. The first-order chi connectivity index (χ1) is 13.8. The van der Waals surface area contributed by atoms with Crippen LogP contribution in [0.15, 0.2) is 28.8 Å². The maximum absolute atomic E-state index is 13.3. The number of amides is 1. The van der Waals surface area contributed by atoms with Crippen LogP contribution < -0.4 is 5.32 Å². The van der Waals surface area contributed by atoms with Crippen molar-refractivity contribution in [2.24, 2.45) is 16.7 Å². The number of hydrogen-bond donors (Lipinski definition) is 2. The van der Waals surface area contributed by atoms with Gasteiger partial charge in [-0.25, -0.2) is 0 Å². The fraction of sp³-hybridized carbons (Fsp3) is 0.609. The fourth-order valence-corrected chi connectivity index (χ4v) is 6.84. The zero-order valence-corrected chi connectivity index (χ0v) is 17.2. The first-order valence-corrected chi connectivity index (χ1v) is 10.7. The molecule has 0 radical (unpaired) electrons. The largest absolute Gasteiger partial charge is 0.390 e. The Hall–Kier alpha value is -2.21. The number of rotatable bonds is 5. The zero-order chi connectivity index (χ0) is 20.3. The quantitative estimate of drug-likeness (QED) is 0.804. The van der Waals surface area contributed by atoms with Crippen LogP contribution in [0.25, 0.3) is 11.4 Å². The predicted octanol–water partition coefficient (Wildman–Crippen LogP) is 3.77. The first-order valence-electron chi connectivity index (χ1n) is 10.7. The van der Waals surface area contributed by atoms with Gasteiger partial charge in [0.1, 0.15) is 0 Å². The summed E-state index contributed by atoms with van der Waals surface area (Å²) in [6, 6.07) is 7.89. The Morgan fingerprint density at radius 2 is 2.07 bits per heavy atom. The van der Waals surface area contributed by atoms with E-state index >= 15 is 0 Å². The lowest BCUT2D eigenvalue weighted by atomic mass is 9.42. The maximum Gasteiger partial charge on any atom is 0.246 e. The number of aliphatic hydroxyl groups is 1. The highest BCUT2D eigenvalue weighted by atomic mass is 16.5. The molecule has 4 fully saturated rings. The van der Waals surface area contributed by atoms with Crippen molar-refractivity contribution < 1.29 is 14.4 Å². The maximum atomic E-state index is 13.3. The molecule has 1 amide bonds. The van der Waals surface area contributed by atoms with Gasteiger partial charge in [-0.3, -0.25) is 4.79 Å². The van der Waals surface area contributed by atoms with E-state index in [0.717, 1.165) is 49.7 Å². The molecule has 0 saturated heterocycles. The molecule has 2 aromatic rings. The van der Waals surface area contributed by atoms with Crippen molar-refractivity contribution >= 4 is 5.91 Å². The lowest BCUT2D eigenvalue weighted by Crippen LogP contribution is -2.63.